The summed E-state index contributed by atoms with van der Waals surface area (Å²) in [5.74, 6) is 0.0369. The maximum absolute atomic E-state index is 10.2. The molecule has 1 amide bonds. The van der Waals surface area contributed by atoms with Crippen LogP contribution in [-0.4, -0.2) is 17.6 Å². The molecule has 0 heterocycles. The van der Waals surface area contributed by atoms with E-state index in [9.17, 15) is 4.79 Å². The van der Waals surface area contributed by atoms with Gasteiger partial charge in [0, 0.05) is 0 Å². The van der Waals surface area contributed by atoms with Crippen molar-refractivity contribution >= 4 is 5.91 Å². The molecule has 0 aromatic carbocycles. The first-order chi connectivity index (χ1) is 3.77. The number of hydrogen-bond donors (Lipinski definition) is 1. The van der Waals surface area contributed by atoms with Gasteiger partial charge in [-0.25, -0.2) is 0 Å². The van der Waals surface area contributed by atoms with Gasteiger partial charge in [0.05, 0.1) is 0 Å². The molecule has 0 aliphatic carbocycles. The van der Waals surface area contributed by atoms with Crippen LogP contribution in [0.5, 0.6) is 0 Å². The minimum absolute atomic E-state index is 0.0369. The molecule has 0 aliphatic rings. The average molecular weight is 230 g/mol. The zero-order valence-electron chi connectivity index (χ0n) is 4.90. The van der Waals surface area contributed by atoms with Crippen molar-refractivity contribution in [1.82, 2.24) is 3.53 Å². The third kappa shape index (κ3) is 6.16. The summed E-state index contributed by atoms with van der Waals surface area (Å²) in [4.78, 5) is 10.2. The van der Waals surface area contributed by atoms with E-state index < -0.39 is 0 Å². The first kappa shape index (κ1) is 8.16. The molecule has 3 nitrogen and oxygen atoms in total. The van der Waals surface area contributed by atoms with E-state index in [0.29, 0.717) is 4.61 Å². The van der Waals surface area contributed by atoms with Crippen LogP contribution >= 0.6 is 0 Å². The van der Waals surface area contributed by atoms with Gasteiger partial charge < -0.3 is 0 Å². The molecule has 0 spiro atoms. The number of amides is 1. The number of halogens is 1. The third-order valence-corrected chi connectivity index (χ3v) is 2.44. The van der Waals surface area contributed by atoms with Crippen molar-refractivity contribution < 1.29 is 31.0 Å². The van der Waals surface area contributed by atoms with E-state index in [2.05, 4.69) is 3.53 Å². The zero-order chi connectivity index (χ0) is 6.41. The fourth-order valence-electron chi connectivity index (χ4n) is 0.176. The Kier molecular flexibility index (Phi) is 5.41. The summed E-state index contributed by atoms with van der Waals surface area (Å²) in [5, 5.41) is 0. The molecule has 0 rings (SSSR count). The summed E-state index contributed by atoms with van der Waals surface area (Å²) in [6, 6.07) is 0. The van der Waals surface area contributed by atoms with E-state index in [-0.39, 0.29) is 27.4 Å². The normalized spacial score (nSPS) is 9.25. The summed E-state index contributed by atoms with van der Waals surface area (Å²) >= 11 is -0.237. The summed E-state index contributed by atoms with van der Waals surface area (Å²) < 4.78 is 8.11. The molecule has 0 aromatic heterocycles. The van der Waals surface area contributed by atoms with Gasteiger partial charge in [-0.1, -0.05) is 0 Å². The summed E-state index contributed by atoms with van der Waals surface area (Å²) in [5.41, 5.74) is 0. The Bertz CT molecular complexity index is 76.4. The minimum atomic E-state index is -0.237. The Morgan fingerprint density at radius 2 is 2.50 bits per heavy atom. The van der Waals surface area contributed by atoms with E-state index in [1.165, 1.54) is 6.92 Å². The topological polar surface area (TPSA) is 38.3 Å². The van der Waals surface area contributed by atoms with Crippen LogP contribution in [0.4, 0.5) is 0 Å². The average Bonchev–Trinajstić information content (AvgIpc) is 1.66. The van der Waals surface area contributed by atoms with E-state index >= 15 is 0 Å². The van der Waals surface area contributed by atoms with Crippen molar-refractivity contribution in [2.45, 2.75) is 6.92 Å². The number of ether oxygens (including phenoxy) is 1. The molecule has 0 fully saturated rings. The van der Waals surface area contributed by atoms with Crippen molar-refractivity contribution in [2.75, 3.05) is 11.7 Å². The first-order valence-corrected chi connectivity index (χ1v) is 4.71. The fraction of sp³-hybridized carbons (Fsp3) is 0.750. The molecule has 0 aliphatic heterocycles. The number of rotatable bonds is 3. The van der Waals surface area contributed by atoms with E-state index in [0.717, 1.165) is 0 Å². The molecule has 8 heavy (non-hydrogen) atoms. The number of hydrogen-bond acceptors (Lipinski definition) is 2. The quantitative estimate of drug-likeness (QED) is 0.239. The number of carbonyl (C=O) groups is 1. The van der Waals surface area contributed by atoms with Gasteiger partial charge in [-0.2, -0.15) is 0 Å². The van der Waals surface area contributed by atoms with Gasteiger partial charge in [0.1, 0.15) is 0 Å². The van der Waals surface area contributed by atoms with E-state index in [4.69, 9.17) is 4.74 Å². The number of alkyl halides is 1. The van der Waals surface area contributed by atoms with Crippen LogP contribution < -0.4 is 25.0 Å². The van der Waals surface area contributed by atoms with Crippen molar-refractivity contribution in [3.63, 3.8) is 0 Å². The van der Waals surface area contributed by atoms with Crippen molar-refractivity contribution in [1.29, 1.82) is 0 Å². The Hall–Kier alpha value is 0.160. The molecular formula is C4H9INO2-. The van der Waals surface area contributed by atoms with Crippen molar-refractivity contribution in [3.8, 4) is 0 Å². The maximum atomic E-state index is 10.2. The van der Waals surface area contributed by atoms with Gasteiger partial charge in [-0.3, -0.25) is 0 Å². The van der Waals surface area contributed by atoms with Crippen LogP contribution in [0.3, 0.4) is 0 Å². The molecule has 4 heteroatoms. The van der Waals surface area contributed by atoms with Gasteiger partial charge in [0.25, 0.3) is 0 Å². The molecule has 0 atom stereocenters. The van der Waals surface area contributed by atoms with Crippen LogP contribution in [0.15, 0.2) is 0 Å². The second-order valence-electron chi connectivity index (χ2n) is 1.18. The van der Waals surface area contributed by atoms with Crippen molar-refractivity contribution in [2.24, 2.45) is 0 Å². The summed E-state index contributed by atoms with van der Waals surface area (Å²) in [6.07, 6.45) is 0. The molecule has 0 radical (unpaired) electrons. The monoisotopic (exact) mass is 230 g/mol. The molecule has 0 unspecified atom stereocenters. The first-order valence-electron chi connectivity index (χ1n) is 2.11. The van der Waals surface area contributed by atoms with Crippen LogP contribution in [0, 0.1) is 0 Å². The molecular weight excluding hydrogens is 221 g/mol. The molecule has 0 aromatic rings. The predicted molar refractivity (Wildman–Crippen MR) is 25.7 cm³/mol. The second-order valence-corrected chi connectivity index (χ2v) is 3.11. The number of methoxy groups -OCH3 is 1. The Morgan fingerprint density at radius 3 is 2.88 bits per heavy atom. The van der Waals surface area contributed by atoms with Crippen LogP contribution in [0.1, 0.15) is 6.92 Å². The number of carbonyl (C=O) groups excluding carboxylic acids is 1. The molecule has 1 N–H and O–H groups in total. The Balaban J connectivity index is 2.82. The second kappa shape index (κ2) is 5.30. The predicted octanol–water partition coefficient (Wildman–Crippen LogP) is -3.27. The van der Waals surface area contributed by atoms with Crippen LogP contribution in [-0.2, 0) is 9.53 Å². The summed E-state index contributed by atoms with van der Waals surface area (Å²) in [6.45, 7) is 1.51. The van der Waals surface area contributed by atoms with Gasteiger partial charge >= 0.3 is 59.1 Å². The van der Waals surface area contributed by atoms with Gasteiger partial charge in [0.2, 0.25) is 0 Å². The standard InChI is InChI=1S/C4H9INO2/c1-4(7)6-5-3-8-2/h3H2,1-2H3,(H,6,7)/q-1. The molecule has 0 saturated heterocycles. The Labute approximate surface area is 59.4 Å². The van der Waals surface area contributed by atoms with Crippen LogP contribution in [0.25, 0.3) is 0 Å². The molecule has 50 valence electrons. The molecule has 0 bridgehead atoms. The SMILES string of the molecule is COC[I-]NC(C)=O. The van der Waals surface area contributed by atoms with Gasteiger partial charge in [0.15, 0.2) is 0 Å². The van der Waals surface area contributed by atoms with Gasteiger partial charge in [-0.15, -0.1) is 0 Å². The zero-order valence-corrected chi connectivity index (χ0v) is 7.06. The van der Waals surface area contributed by atoms with Crippen molar-refractivity contribution in [3.05, 3.63) is 0 Å². The van der Waals surface area contributed by atoms with E-state index in [1.807, 2.05) is 0 Å². The van der Waals surface area contributed by atoms with E-state index in [1.54, 1.807) is 7.11 Å². The fourth-order valence-corrected chi connectivity index (χ4v) is 1.18. The Morgan fingerprint density at radius 1 is 1.88 bits per heavy atom. The third-order valence-electron chi connectivity index (χ3n) is 0.364. The number of nitrogens with one attached hydrogen (secondary N) is 1. The van der Waals surface area contributed by atoms with Gasteiger partial charge in [-0.05, 0) is 0 Å². The summed E-state index contributed by atoms with van der Waals surface area (Å²) in [7, 11) is 1.63. The van der Waals surface area contributed by atoms with Crippen LogP contribution in [0.2, 0.25) is 0 Å². The molecule has 0 saturated carbocycles.